The van der Waals surface area contributed by atoms with E-state index in [1.165, 1.54) is 6.21 Å². The van der Waals surface area contributed by atoms with Gasteiger partial charge in [-0.15, -0.1) is 0 Å². The standard InChI is InChI=1S/C6H8N2O/c7-3-5-1-2-6(9)8-4-5/h1,4H,2-3,7H2. The number of hydrogen-bond acceptors (Lipinski definition) is 2. The van der Waals surface area contributed by atoms with Gasteiger partial charge < -0.3 is 5.73 Å². The molecule has 0 fully saturated rings. The van der Waals surface area contributed by atoms with E-state index in [1.807, 2.05) is 0 Å². The summed E-state index contributed by atoms with van der Waals surface area (Å²) in [6, 6.07) is 0. The first-order chi connectivity index (χ1) is 4.33. The lowest BCUT2D eigenvalue weighted by Crippen LogP contribution is -2.09. The van der Waals surface area contributed by atoms with Crippen molar-refractivity contribution in [1.82, 2.24) is 0 Å². The summed E-state index contributed by atoms with van der Waals surface area (Å²) in [5, 5.41) is 0. The molecule has 0 bridgehead atoms. The van der Waals surface area contributed by atoms with Crippen LogP contribution in [0.1, 0.15) is 6.42 Å². The van der Waals surface area contributed by atoms with Gasteiger partial charge in [-0.2, -0.15) is 0 Å². The summed E-state index contributed by atoms with van der Waals surface area (Å²) in [5.41, 5.74) is 6.22. The molecule has 2 N–H and O–H groups in total. The largest absolute Gasteiger partial charge is 0.326 e. The van der Waals surface area contributed by atoms with Crippen molar-refractivity contribution in [2.24, 2.45) is 10.7 Å². The molecule has 1 amide bonds. The maximum absolute atomic E-state index is 10.4. The van der Waals surface area contributed by atoms with Gasteiger partial charge in [0, 0.05) is 19.2 Å². The third-order valence-electron chi connectivity index (χ3n) is 1.15. The first-order valence-corrected chi connectivity index (χ1v) is 2.79. The number of dihydropyridines is 1. The molecule has 1 aliphatic heterocycles. The number of nitrogens with two attached hydrogens (primary N) is 1. The zero-order valence-corrected chi connectivity index (χ0v) is 5.00. The van der Waals surface area contributed by atoms with Gasteiger partial charge in [0.05, 0.1) is 0 Å². The summed E-state index contributed by atoms with van der Waals surface area (Å²) in [7, 11) is 0. The smallest absolute Gasteiger partial charge is 0.249 e. The van der Waals surface area contributed by atoms with E-state index in [4.69, 9.17) is 5.73 Å². The van der Waals surface area contributed by atoms with Crippen LogP contribution in [0.3, 0.4) is 0 Å². The molecule has 0 aromatic rings. The monoisotopic (exact) mass is 124 g/mol. The van der Waals surface area contributed by atoms with Crippen molar-refractivity contribution < 1.29 is 4.79 Å². The molecule has 0 saturated heterocycles. The molecule has 0 unspecified atom stereocenters. The fraction of sp³-hybridized carbons (Fsp3) is 0.333. The van der Waals surface area contributed by atoms with Crippen LogP contribution in [0.15, 0.2) is 16.6 Å². The average molecular weight is 124 g/mol. The number of hydrogen-bond donors (Lipinski definition) is 1. The van der Waals surface area contributed by atoms with E-state index in [0.29, 0.717) is 13.0 Å². The van der Waals surface area contributed by atoms with Crippen LogP contribution in [0.25, 0.3) is 0 Å². The SMILES string of the molecule is NCC1=CCC(=O)N=C1. The van der Waals surface area contributed by atoms with Gasteiger partial charge in [0.2, 0.25) is 5.91 Å². The van der Waals surface area contributed by atoms with Gasteiger partial charge in [-0.1, -0.05) is 6.08 Å². The quantitative estimate of drug-likeness (QED) is 0.529. The molecule has 3 heteroatoms. The van der Waals surface area contributed by atoms with Crippen molar-refractivity contribution in [2.75, 3.05) is 6.54 Å². The highest BCUT2D eigenvalue weighted by atomic mass is 16.1. The highest BCUT2D eigenvalue weighted by Crippen LogP contribution is 1.99. The van der Waals surface area contributed by atoms with E-state index in [2.05, 4.69) is 4.99 Å². The molecule has 0 aliphatic carbocycles. The van der Waals surface area contributed by atoms with Crippen LogP contribution in [-0.2, 0) is 4.79 Å². The van der Waals surface area contributed by atoms with Gasteiger partial charge in [-0.3, -0.25) is 4.79 Å². The fourth-order valence-corrected chi connectivity index (χ4v) is 0.615. The van der Waals surface area contributed by atoms with E-state index < -0.39 is 0 Å². The molecule has 9 heavy (non-hydrogen) atoms. The number of nitrogens with zero attached hydrogens (tertiary/aromatic N) is 1. The Morgan fingerprint density at radius 3 is 3.00 bits per heavy atom. The minimum Gasteiger partial charge on any atom is -0.326 e. The van der Waals surface area contributed by atoms with Crippen LogP contribution in [0.2, 0.25) is 0 Å². The lowest BCUT2D eigenvalue weighted by atomic mass is 10.2. The Labute approximate surface area is 53.3 Å². The van der Waals surface area contributed by atoms with Crippen molar-refractivity contribution in [2.45, 2.75) is 6.42 Å². The van der Waals surface area contributed by atoms with Crippen LogP contribution in [-0.4, -0.2) is 18.7 Å². The Morgan fingerprint density at radius 1 is 1.78 bits per heavy atom. The minimum atomic E-state index is -0.0906. The Hall–Kier alpha value is -0.960. The minimum absolute atomic E-state index is 0.0906. The molecule has 0 radical (unpaired) electrons. The van der Waals surface area contributed by atoms with Crippen LogP contribution < -0.4 is 5.73 Å². The predicted molar refractivity (Wildman–Crippen MR) is 35.3 cm³/mol. The lowest BCUT2D eigenvalue weighted by molar-refractivity contribution is -0.117. The van der Waals surface area contributed by atoms with Crippen molar-refractivity contribution >= 4 is 12.1 Å². The average Bonchev–Trinajstić information content (AvgIpc) is 1.90. The Morgan fingerprint density at radius 2 is 2.56 bits per heavy atom. The number of carbonyl (C=O) groups is 1. The topological polar surface area (TPSA) is 55.5 Å². The first-order valence-electron chi connectivity index (χ1n) is 2.79. The normalized spacial score (nSPS) is 17.9. The van der Waals surface area contributed by atoms with E-state index in [1.54, 1.807) is 6.08 Å². The zero-order chi connectivity index (χ0) is 6.69. The van der Waals surface area contributed by atoms with Gasteiger partial charge in [-0.25, -0.2) is 4.99 Å². The first kappa shape index (κ1) is 6.16. The van der Waals surface area contributed by atoms with E-state index in [0.717, 1.165) is 5.57 Å². The third kappa shape index (κ3) is 1.47. The summed E-state index contributed by atoms with van der Waals surface area (Å²) in [6.07, 6.45) is 3.73. The number of aliphatic imine (C=N–C) groups is 1. The second kappa shape index (κ2) is 2.55. The highest BCUT2D eigenvalue weighted by molar-refractivity contribution is 5.95. The van der Waals surface area contributed by atoms with Crippen LogP contribution in [0.5, 0.6) is 0 Å². The molecular weight excluding hydrogens is 116 g/mol. The van der Waals surface area contributed by atoms with Gasteiger partial charge in [0.1, 0.15) is 0 Å². The van der Waals surface area contributed by atoms with E-state index in [-0.39, 0.29) is 5.91 Å². The fourth-order valence-electron chi connectivity index (χ4n) is 0.615. The number of carbonyl (C=O) groups excluding carboxylic acids is 1. The van der Waals surface area contributed by atoms with Gasteiger partial charge in [0.25, 0.3) is 0 Å². The van der Waals surface area contributed by atoms with E-state index in [9.17, 15) is 4.79 Å². The molecule has 3 nitrogen and oxygen atoms in total. The molecule has 1 heterocycles. The maximum Gasteiger partial charge on any atom is 0.249 e. The van der Waals surface area contributed by atoms with E-state index >= 15 is 0 Å². The van der Waals surface area contributed by atoms with Crippen LogP contribution >= 0.6 is 0 Å². The van der Waals surface area contributed by atoms with Gasteiger partial charge in [0.15, 0.2) is 0 Å². The summed E-state index contributed by atoms with van der Waals surface area (Å²) in [5.74, 6) is -0.0906. The van der Waals surface area contributed by atoms with Gasteiger partial charge in [-0.05, 0) is 5.57 Å². The maximum atomic E-state index is 10.4. The summed E-state index contributed by atoms with van der Waals surface area (Å²) in [6.45, 7) is 0.469. The molecule has 1 aliphatic rings. The Kier molecular flexibility index (Phi) is 1.75. The second-order valence-corrected chi connectivity index (χ2v) is 1.84. The molecular formula is C6H8N2O. The predicted octanol–water partition coefficient (Wildman–Crippen LogP) is -0.127. The molecule has 1 rings (SSSR count). The highest BCUT2D eigenvalue weighted by Gasteiger charge is 2.01. The molecule has 0 spiro atoms. The molecule has 0 aromatic carbocycles. The zero-order valence-electron chi connectivity index (χ0n) is 5.00. The third-order valence-corrected chi connectivity index (χ3v) is 1.15. The molecule has 0 atom stereocenters. The number of rotatable bonds is 1. The summed E-state index contributed by atoms with van der Waals surface area (Å²) < 4.78 is 0. The molecule has 0 aromatic heterocycles. The van der Waals surface area contributed by atoms with Crippen molar-refractivity contribution in [3.8, 4) is 0 Å². The lowest BCUT2D eigenvalue weighted by Gasteiger charge is -1.99. The summed E-state index contributed by atoms with van der Waals surface area (Å²) >= 11 is 0. The van der Waals surface area contributed by atoms with Crippen molar-refractivity contribution in [1.29, 1.82) is 0 Å². The van der Waals surface area contributed by atoms with Crippen molar-refractivity contribution in [3.63, 3.8) is 0 Å². The molecule has 48 valence electrons. The van der Waals surface area contributed by atoms with Gasteiger partial charge >= 0.3 is 0 Å². The van der Waals surface area contributed by atoms with Crippen LogP contribution in [0.4, 0.5) is 0 Å². The van der Waals surface area contributed by atoms with Crippen molar-refractivity contribution in [3.05, 3.63) is 11.6 Å². The Bertz CT molecular complexity index is 181. The second-order valence-electron chi connectivity index (χ2n) is 1.84. The Balaban J connectivity index is 2.63. The summed E-state index contributed by atoms with van der Waals surface area (Å²) in [4.78, 5) is 14.0. The number of amides is 1. The van der Waals surface area contributed by atoms with Crippen LogP contribution in [0, 0.1) is 0 Å². The molecule has 0 saturated carbocycles.